The minimum absolute atomic E-state index is 0.0870. The monoisotopic (exact) mass is 331 g/mol. The van der Waals surface area contributed by atoms with Crippen molar-refractivity contribution in [2.45, 2.75) is 33.6 Å². The van der Waals surface area contributed by atoms with Gasteiger partial charge in [0.2, 0.25) is 0 Å². The van der Waals surface area contributed by atoms with Gasteiger partial charge in [-0.15, -0.1) is 5.10 Å². The molecule has 2 aromatic heterocycles. The van der Waals surface area contributed by atoms with Crippen LogP contribution in [0.25, 0.3) is 5.78 Å². The topological polar surface area (TPSA) is 89.7 Å². The molecule has 2 aromatic rings. The first-order chi connectivity index (χ1) is 11.4. The Morgan fingerprint density at radius 1 is 1.33 bits per heavy atom. The van der Waals surface area contributed by atoms with E-state index in [0.717, 1.165) is 30.8 Å². The van der Waals surface area contributed by atoms with Gasteiger partial charge < -0.3 is 9.64 Å². The lowest BCUT2D eigenvalue weighted by atomic mass is 10.0. The summed E-state index contributed by atoms with van der Waals surface area (Å²) < 4.78 is 6.57. The Morgan fingerprint density at radius 2 is 2.12 bits per heavy atom. The van der Waals surface area contributed by atoms with E-state index < -0.39 is 5.97 Å². The molecule has 0 aliphatic carbocycles. The Balaban J connectivity index is 1.65. The number of amides is 1. The zero-order valence-electron chi connectivity index (χ0n) is 14.2. The van der Waals surface area contributed by atoms with Crippen molar-refractivity contribution in [3.05, 3.63) is 23.3 Å². The second kappa shape index (κ2) is 6.54. The summed E-state index contributed by atoms with van der Waals surface area (Å²) in [5.41, 5.74) is 1.61. The van der Waals surface area contributed by atoms with E-state index in [1.54, 1.807) is 4.90 Å². The van der Waals surface area contributed by atoms with E-state index in [1.807, 2.05) is 19.9 Å². The van der Waals surface area contributed by atoms with Crippen molar-refractivity contribution in [3.8, 4) is 0 Å². The predicted molar refractivity (Wildman–Crippen MR) is 85.5 cm³/mol. The average Bonchev–Trinajstić information content (AvgIpc) is 2.96. The molecule has 0 bridgehead atoms. The zero-order chi connectivity index (χ0) is 17.3. The molecule has 0 saturated carbocycles. The molecule has 0 unspecified atom stereocenters. The van der Waals surface area contributed by atoms with Crippen LogP contribution in [0.2, 0.25) is 0 Å². The second-order valence-electron chi connectivity index (χ2n) is 6.35. The molecule has 1 fully saturated rings. The van der Waals surface area contributed by atoms with Crippen LogP contribution in [0.1, 0.15) is 41.8 Å². The van der Waals surface area contributed by atoms with Crippen molar-refractivity contribution in [1.29, 1.82) is 0 Å². The molecule has 0 spiro atoms. The molecule has 0 radical (unpaired) electrons. The Morgan fingerprint density at radius 3 is 2.88 bits per heavy atom. The highest BCUT2D eigenvalue weighted by molar-refractivity contribution is 5.88. The first-order valence-corrected chi connectivity index (χ1v) is 8.10. The molecule has 3 heterocycles. The molecule has 1 amide bonds. The first kappa shape index (κ1) is 16.4. The third-order valence-electron chi connectivity index (χ3n) is 4.14. The van der Waals surface area contributed by atoms with Gasteiger partial charge in [0.05, 0.1) is 0 Å². The number of ether oxygens (including phenoxy) is 1. The molecule has 24 heavy (non-hydrogen) atoms. The van der Waals surface area contributed by atoms with Gasteiger partial charge in [-0.3, -0.25) is 4.79 Å². The highest BCUT2D eigenvalue weighted by atomic mass is 16.5. The molecule has 1 aliphatic rings. The molecular weight excluding hydrogens is 310 g/mol. The number of piperidine rings is 1. The summed E-state index contributed by atoms with van der Waals surface area (Å²) in [6.45, 7) is 6.96. The number of carbonyl (C=O) groups excluding carboxylic acids is 2. The van der Waals surface area contributed by atoms with Crippen molar-refractivity contribution < 1.29 is 14.3 Å². The van der Waals surface area contributed by atoms with E-state index in [2.05, 4.69) is 22.0 Å². The van der Waals surface area contributed by atoms with Crippen molar-refractivity contribution in [2.24, 2.45) is 5.92 Å². The smallest absolute Gasteiger partial charge is 0.378 e. The molecule has 3 rings (SSSR count). The Hall–Kier alpha value is -2.51. The normalized spacial score (nSPS) is 18.0. The standard InChI is InChI=1S/C16H21N5O3/c1-10-5-4-6-20(8-10)13(22)9-24-15(23)14-18-16-17-11(2)7-12(3)21(16)19-14/h7,10H,4-6,8-9H2,1-3H3/t10-/m0/s1. The summed E-state index contributed by atoms with van der Waals surface area (Å²) >= 11 is 0. The van der Waals surface area contributed by atoms with Gasteiger partial charge in [-0.1, -0.05) is 6.92 Å². The number of esters is 1. The Labute approximate surface area is 139 Å². The Kier molecular flexibility index (Phi) is 4.46. The number of aromatic nitrogens is 4. The summed E-state index contributed by atoms with van der Waals surface area (Å²) in [4.78, 5) is 34.3. The van der Waals surface area contributed by atoms with Gasteiger partial charge >= 0.3 is 5.97 Å². The maximum Gasteiger partial charge on any atom is 0.378 e. The zero-order valence-corrected chi connectivity index (χ0v) is 14.2. The first-order valence-electron chi connectivity index (χ1n) is 8.10. The maximum absolute atomic E-state index is 12.1. The van der Waals surface area contributed by atoms with Gasteiger partial charge in [0.25, 0.3) is 17.5 Å². The van der Waals surface area contributed by atoms with Crippen molar-refractivity contribution in [2.75, 3.05) is 19.7 Å². The summed E-state index contributed by atoms with van der Waals surface area (Å²) in [7, 11) is 0. The van der Waals surface area contributed by atoms with Gasteiger partial charge in [0, 0.05) is 24.5 Å². The van der Waals surface area contributed by atoms with E-state index >= 15 is 0 Å². The minimum atomic E-state index is -0.712. The van der Waals surface area contributed by atoms with Crippen LogP contribution < -0.4 is 0 Å². The van der Waals surface area contributed by atoms with Crippen molar-refractivity contribution >= 4 is 17.7 Å². The number of nitrogens with zero attached hydrogens (tertiary/aromatic N) is 5. The molecule has 8 nitrogen and oxygen atoms in total. The molecular formula is C16H21N5O3. The van der Waals surface area contributed by atoms with E-state index in [4.69, 9.17) is 4.74 Å². The van der Waals surface area contributed by atoms with E-state index in [1.165, 1.54) is 4.52 Å². The molecule has 1 aliphatic heterocycles. The number of fused-ring (bicyclic) bond motifs is 1. The highest BCUT2D eigenvalue weighted by Crippen LogP contribution is 2.15. The third kappa shape index (κ3) is 3.37. The lowest BCUT2D eigenvalue weighted by molar-refractivity contribution is -0.136. The summed E-state index contributed by atoms with van der Waals surface area (Å²) in [5.74, 6) is -0.151. The van der Waals surface area contributed by atoms with Crippen LogP contribution in [0, 0.1) is 19.8 Å². The molecule has 0 N–H and O–H groups in total. The molecule has 8 heteroatoms. The van der Waals surface area contributed by atoms with Crippen LogP contribution in [-0.4, -0.2) is 56.1 Å². The van der Waals surface area contributed by atoms with Crippen LogP contribution in [0.3, 0.4) is 0 Å². The largest absolute Gasteiger partial charge is 0.450 e. The molecule has 128 valence electrons. The fourth-order valence-electron chi connectivity index (χ4n) is 2.95. The number of likely N-dealkylation sites (tertiary alicyclic amines) is 1. The van der Waals surface area contributed by atoms with Crippen molar-refractivity contribution in [1.82, 2.24) is 24.5 Å². The number of hydrogen-bond acceptors (Lipinski definition) is 6. The van der Waals surface area contributed by atoms with Crippen LogP contribution >= 0.6 is 0 Å². The van der Waals surface area contributed by atoms with E-state index in [0.29, 0.717) is 18.2 Å². The van der Waals surface area contributed by atoms with Crippen molar-refractivity contribution in [3.63, 3.8) is 0 Å². The molecule has 0 aromatic carbocycles. The lowest BCUT2D eigenvalue weighted by Crippen LogP contribution is -2.41. The van der Waals surface area contributed by atoms with Crippen LogP contribution in [0.4, 0.5) is 0 Å². The maximum atomic E-state index is 12.1. The molecule has 1 saturated heterocycles. The lowest BCUT2D eigenvalue weighted by Gasteiger charge is -2.30. The second-order valence-corrected chi connectivity index (χ2v) is 6.35. The number of aryl methyl sites for hydroxylation is 2. The van der Waals surface area contributed by atoms with E-state index in [9.17, 15) is 9.59 Å². The number of hydrogen-bond donors (Lipinski definition) is 0. The van der Waals surface area contributed by atoms with Gasteiger partial charge in [-0.2, -0.15) is 4.98 Å². The van der Waals surface area contributed by atoms with Gasteiger partial charge in [0.1, 0.15) is 0 Å². The fraction of sp³-hybridized carbons (Fsp3) is 0.562. The van der Waals surface area contributed by atoms with Gasteiger partial charge in [0.15, 0.2) is 6.61 Å². The Bertz CT molecular complexity index is 785. The minimum Gasteiger partial charge on any atom is -0.450 e. The van der Waals surface area contributed by atoms with E-state index in [-0.39, 0.29) is 18.3 Å². The average molecular weight is 331 g/mol. The summed E-state index contributed by atoms with van der Waals surface area (Å²) in [6, 6.07) is 1.85. The molecule has 1 atom stereocenters. The van der Waals surface area contributed by atoms with Crippen LogP contribution in [0.5, 0.6) is 0 Å². The fourth-order valence-corrected chi connectivity index (χ4v) is 2.95. The quantitative estimate of drug-likeness (QED) is 0.784. The van der Waals surface area contributed by atoms with Crippen LogP contribution in [0.15, 0.2) is 6.07 Å². The van der Waals surface area contributed by atoms with Crippen LogP contribution in [-0.2, 0) is 9.53 Å². The third-order valence-corrected chi connectivity index (χ3v) is 4.14. The SMILES string of the molecule is Cc1cc(C)n2nc(C(=O)OCC(=O)N3CCC[C@H](C)C3)nc2n1. The number of rotatable bonds is 3. The number of carbonyl (C=O) groups is 2. The predicted octanol–water partition coefficient (Wildman–Crippen LogP) is 1.16. The summed E-state index contributed by atoms with van der Waals surface area (Å²) in [6.07, 6.45) is 2.11. The van der Waals surface area contributed by atoms with Gasteiger partial charge in [-0.05, 0) is 38.7 Å². The van der Waals surface area contributed by atoms with Gasteiger partial charge in [-0.25, -0.2) is 14.3 Å². The summed E-state index contributed by atoms with van der Waals surface area (Å²) in [5, 5.41) is 4.10. The highest BCUT2D eigenvalue weighted by Gasteiger charge is 2.23.